The van der Waals surface area contributed by atoms with E-state index in [9.17, 15) is 0 Å². The number of nitrogens with two attached hydrogens (primary N) is 1. The maximum atomic E-state index is 5.28. The van der Waals surface area contributed by atoms with Gasteiger partial charge < -0.3 is 5.32 Å². The monoisotopic (exact) mass is 192 g/mol. The molecule has 0 bridgehead atoms. The summed E-state index contributed by atoms with van der Waals surface area (Å²) in [5.41, 5.74) is 5.94. The van der Waals surface area contributed by atoms with Gasteiger partial charge in [0.05, 0.1) is 0 Å². The van der Waals surface area contributed by atoms with Gasteiger partial charge in [0.2, 0.25) is 5.96 Å². The molecule has 0 spiro atoms. The van der Waals surface area contributed by atoms with Crippen LogP contribution in [0.4, 0.5) is 5.69 Å². The van der Waals surface area contributed by atoms with Crippen molar-refractivity contribution in [1.29, 1.82) is 0 Å². The molecule has 0 aliphatic carbocycles. The first-order chi connectivity index (χ1) is 6.69. The fourth-order valence-corrected chi connectivity index (χ4v) is 1.17. The van der Waals surface area contributed by atoms with Crippen molar-refractivity contribution in [2.45, 2.75) is 13.8 Å². The number of hydrogen-bond donors (Lipinski definition) is 3. The Hall–Kier alpha value is -1.55. The maximum absolute atomic E-state index is 5.28. The number of nitrogens with one attached hydrogen (secondary N) is 2. The molecule has 0 unspecified atom stereocenters. The molecule has 0 fully saturated rings. The lowest BCUT2D eigenvalue weighted by atomic mass is 10.1. The molecule has 4 nitrogen and oxygen atoms in total. The van der Waals surface area contributed by atoms with Crippen LogP contribution in [-0.2, 0) is 0 Å². The van der Waals surface area contributed by atoms with E-state index in [1.807, 2.05) is 12.1 Å². The first kappa shape index (κ1) is 10.5. The van der Waals surface area contributed by atoms with Gasteiger partial charge in [0.1, 0.15) is 0 Å². The largest absolute Gasteiger partial charge is 0.325 e. The van der Waals surface area contributed by atoms with Crippen LogP contribution >= 0.6 is 0 Å². The van der Waals surface area contributed by atoms with Crippen LogP contribution in [0, 0.1) is 13.8 Å². The molecule has 4 heteroatoms. The molecule has 0 radical (unpaired) electrons. The molecule has 14 heavy (non-hydrogen) atoms. The minimum absolute atomic E-state index is 0.554. The Labute approximate surface area is 84.2 Å². The molecule has 0 atom stereocenters. The topological polar surface area (TPSA) is 62.4 Å². The minimum Gasteiger partial charge on any atom is -0.325 e. The Kier molecular flexibility index (Phi) is 3.48. The number of hydrogen-bond acceptors (Lipinski definition) is 2. The molecule has 1 aromatic rings. The molecule has 0 saturated heterocycles. The van der Waals surface area contributed by atoms with Gasteiger partial charge >= 0.3 is 0 Å². The average Bonchev–Trinajstić information content (AvgIpc) is 2.20. The highest BCUT2D eigenvalue weighted by atomic mass is 15.3. The quantitative estimate of drug-likeness (QED) is 0.271. The van der Waals surface area contributed by atoms with Crippen LogP contribution in [0.3, 0.4) is 0 Å². The molecule has 1 rings (SSSR count). The summed E-state index contributed by atoms with van der Waals surface area (Å²) in [6.07, 6.45) is 0. The van der Waals surface area contributed by atoms with E-state index in [4.69, 9.17) is 5.84 Å². The summed E-state index contributed by atoms with van der Waals surface area (Å²) < 4.78 is 0. The van der Waals surface area contributed by atoms with Crippen molar-refractivity contribution in [3.8, 4) is 0 Å². The van der Waals surface area contributed by atoms with Crippen molar-refractivity contribution in [2.75, 3.05) is 12.4 Å². The smallest absolute Gasteiger partial charge is 0.209 e. The Morgan fingerprint density at radius 1 is 1.36 bits per heavy atom. The average molecular weight is 192 g/mol. The summed E-state index contributed by atoms with van der Waals surface area (Å²) in [6.45, 7) is 4.13. The summed E-state index contributed by atoms with van der Waals surface area (Å²) in [5.74, 6) is 5.83. The second-order valence-electron chi connectivity index (χ2n) is 3.09. The van der Waals surface area contributed by atoms with Gasteiger partial charge in [-0.25, -0.2) is 5.84 Å². The van der Waals surface area contributed by atoms with Crippen molar-refractivity contribution >= 4 is 11.6 Å². The molecule has 0 aliphatic heterocycles. The molecule has 4 N–H and O–H groups in total. The summed E-state index contributed by atoms with van der Waals surface area (Å²) in [7, 11) is 1.67. The van der Waals surface area contributed by atoms with Crippen LogP contribution < -0.4 is 16.6 Å². The second-order valence-corrected chi connectivity index (χ2v) is 3.09. The number of rotatable bonds is 1. The Morgan fingerprint density at radius 2 is 2.07 bits per heavy atom. The van der Waals surface area contributed by atoms with Gasteiger partial charge in [-0.1, -0.05) is 12.1 Å². The van der Waals surface area contributed by atoms with E-state index in [0.29, 0.717) is 5.96 Å². The first-order valence-electron chi connectivity index (χ1n) is 4.45. The van der Waals surface area contributed by atoms with Crippen molar-refractivity contribution in [2.24, 2.45) is 10.8 Å². The summed E-state index contributed by atoms with van der Waals surface area (Å²) >= 11 is 0. The zero-order chi connectivity index (χ0) is 10.6. The first-order valence-corrected chi connectivity index (χ1v) is 4.45. The molecule has 0 heterocycles. The van der Waals surface area contributed by atoms with Crippen molar-refractivity contribution in [3.05, 3.63) is 29.3 Å². The standard InChI is InChI=1S/C10H16N4/c1-7-5-4-6-9(8(7)2)13-10(12-3)14-11/h4-6H,11H2,1-3H3,(H2,12,13,14). The van der Waals surface area contributed by atoms with E-state index in [0.717, 1.165) is 5.69 Å². The fraction of sp³-hybridized carbons (Fsp3) is 0.300. The van der Waals surface area contributed by atoms with Gasteiger partial charge in [-0.15, -0.1) is 0 Å². The zero-order valence-electron chi connectivity index (χ0n) is 8.76. The molecular weight excluding hydrogens is 176 g/mol. The van der Waals surface area contributed by atoms with Gasteiger partial charge in [0.15, 0.2) is 0 Å². The normalized spacial score (nSPS) is 11.3. The highest BCUT2D eigenvalue weighted by Crippen LogP contribution is 2.17. The van der Waals surface area contributed by atoms with E-state index in [2.05, 4.69) is 35.6 Å². The number of anilines is 1. The number of benzene rings is 1. The number of guanidine groups is 1. The summed E-state index contributed by atoms with van der Waals surface area (Å²) in [6, 6.07) is 6.05. The predicted molar refractivity (Wildman–Crippen MR) is 60.2 cm³/mol. The van der Waals surface area contributed by atoms with Gasteiger partial charge in [-0.05, 0) is 31.0 Å². The van der Waals surface area contributed by atoms with Gasteiger partial charge in [-0.3, -0.25) is 10.4 Å². The maximum Gasteiger partial charge on any atom is 0.209 e. The second kappa shape index (κ2) is 4.62. The molecule has 0 aliphatic rings. The summed E-state index contributed by atoms with van der Waals surface area (Å²) in [5, 5.41) is 3.10. The van der Waals surface area contributed by atoms with Crippen LogP contribution in [0.5, 0.6) is 0 Å². The van der Waals surface area contributed by atoms with Crippen LogP contribution in [0.1, 0.15) is 11.1 Å². The van der Waals surface area contributed by atoms with Gasteiger partial charge in [0, 0.05) is 12.7 Å². The summed E-state index contributed by atoms with van der Waals surface area (Å²) in [4.78, 5) is 3.94. The van der Waals surface area contributed by atoms with Crippen LogP contribution in [-0.4, -0.2) is 13.0 Å². The molecule has 0 saturated carbocycles. The SMILES string of the molecule is CN=C(NN)Nc1cccc(C)c1C. The molecule has 0 aromatic heterocycles. The third kappa shape index (κ3) is 2.23. The van der Waals surface area contributed by atoms with Crippen molar-refractivity contribution < 1.29 is 0 Å². The highest BCUT2D eigenvalue weighted by Gasteiger charge is 2.01. The van der Waals surface area contributed by atoms with Gasteiger partial charge in [0.25, 0.3) is 0 Å². The highest BCUT2D eigenvalue weighted by molar-refractivity contribution is 5.93. The van der Waals surface area contributed by atoms with E-state index in [1.54, 1.807) is 7.05 Å². The predicted octanol–water partition coefficient (Wildman–Crippen LogP) is 1.16. The number of nitrogens with zero attached hydrogens (tertiary/aromatic N) is 1. The fourth-order valence-electron chi connectivity index (χ4n) is 1.17. The van der Waals surface area contributed by atoms with E-state index < -0.39 is 0 Å². The molecule has 1 aromatic carbocycles. The van der Waals surface area contributed by atoms with Gasteiger partial charge in [-0.2, -0.15) is 0 Å². The van der Waals surface area contributed by atoms with Crippen LogP contribution in [0.15, 0.2) is 23.2 Å². The molecular formula is C10H16N4. The van der Waals surface area contributed by atoms with Crippen molar-refractivity contribution in [3.63, 3.8) is 0 Å². The number of aliphatic imine (C=N–C) groups is 1. The Balaban J connectivity index is 2.92. The number of aryl methyl sites for hydroxylation is 1. The van der Waals surface area contributed by atoms with Crippen molar-refractivity contribution in [1.82, 2.24) is 5.43 Å². The van der Waals surface area contributed by atoms with Crippen LogP contribution in [0.2, 0.25) is 0 Å². The zero-order valence-corrected chi connectivity index (χ0v) is 8.76. The van der Waals surface area contributed by atoms with E-state index >= 15 is 0 Å². The Bertz CT molecular complexity index is 344. The van der Waals surface area contributed by atoms with E-state index in [-0.39, 0.29) is 0 Å². The van der Waals surface area contributed by atoms with Crippen LogP contribution in [0.25, 0.3) is 0 Å². The lowest BCUT2D eigenvalue weighted by Gasteiger charge is -2.12. The number of hydrazine groups is 1. The minimum atomic E-state index is 0.554. The Morgan fingerprint density at radius 3 is 2.64 bits per heavy atom. The third-order valence-electron chi connectivity index (χ3n) is 2.22. The van der Waals surface area contributed by atoms with E-state index in [1.165, 1.54) is 11.1 Å². The third-order valence-corrected chi connectivity index (χ3v) is 2.22. The lowest BCUT2D eigenvalue weighted by molar-refractivity contribution is 1.01. The molecule has 0 amide bonds. The lowest BCUT2D eigenvalue weighted by Crippen LogP contribution is -2.36. The molecule has 76 valence electrons.